The van der Waals surface area contributed by atoms with E-state index in [0.717, 1.165) is 6.04 Å². The first kappa shape index (κ1) is 17.2. The second-order valence-corrected chi connectivity index (χ2v) is 9.50. The van der Waals surface area contributed by atoms with Crippen LogP contribution in [0.15, 0.2) is 24.3 Å². The van der Waals surface area contributed by atoms with Crippen LogP contribution in [0.3, 0.4) is 0 Å². The molecule has 0 bridgehead atoms. The minimum absolute atomic E-state index is 0.0703. The molecule has 1 spiro atoms. The number of rotatable bonds is 3. The van der Waals surface area contributed by atoms with Crippen molar-refractivity contribution in [3.05, 3.63) is 35.6 Å². The molecule has 3 heteroatoms. The van der Waals surface area contributed by atoms with E-state index in [0.29, 0.717) is 5.41 Å². The largest absolute Gasteiger partial charge is 0.300 e. The van der Waals surface area contributed by atoms with Gasteiger partial charge in [0.15, 0.2) is 0 Å². The Hall–Kier alpha value is -0.930. The van der Waals surface area contributed by atoms with E-state index in [-0.39, 0.29) is 11.4 Å². The van der Waals surface area contributed by atoms with E-state index < -0.39 is 0 Å². The minimum Gasteiger partial charge on any atom is -0.300 e. The van der Waals surface area contributed by atoms with Crippen LogP contribution >= 0.6 is 0 Å². The fourth-order valence-corrected chi connectivity index (χ4v) is 6.21. The monoisotopic (exact) mass is 356 g/mol. The molecule has 4 fully saturated rings. The Morgan fingerprint density at radius 3 is 2.15 bits per heavy atom. The molecule has 142 valence electrons. The van der Waals surface area contributed by atoms with Crippen molar-refractivity contribution in [1.82, 2.24) is 9.80 Å². The van der Waals surface area contributed by atoms with Gasteiger partial charge in [0.2, 0.25) is 0 Å². The van der Waals surface area contributed by atoms with Gasteiger partial charge in [-0.1, -0.05) is 12.1 Å². The summed E-state index contributed by atoms with van der Waals surface area (Å²) < 4.78 is 14.0. The topological polar surface area (TPSA) is 6.48 Å². The first-order valence-electron chi connectivity index (χ1n) is 10.9. The van der Waals surface area contributed by atoms with Gasteiger partial charge in [-0.05, 0) is 113 Å². The van der Waals surface area contributed by atoms with Gasteiger partial charge in [-0.2, -0.15) is 0 Å². The van der Waals surface area contributed by atoms with E-state index in [1.54, 1.807) is 6.07 Å². The summed E-state index contributed by atoms with van der Waals surface area (Å²) in [7, 11) is 0. The molecule has 4 aliphatic rings. The predicted octanol–water partition coefficient (Wildman–Crippen LogP) is 4.94. The van der Waals surface area contributed by atoms with Crippen LogP contribution in [0.25, 0.3) is 0 Å². The highest BCUT2D eigenvalue weighted by Crippen LogP contribution is 2.54. The summed E-state index contributed by atoms with van der Waals surface area (Å²) in [5.74, 6) is -0.0703. The molecule has 2 aliphatic heterocycles. The van der Waals surface area contributed by atoms with Crippen molar-refractivity contribution in [2.75, 3.05) is 26.2 Å². The second kappa shape index (κ2) is 6.60. The molecular formula is C23H33FN2. The SMILES string of the molecule is Fc1cccc(C2(N3CCCC3)CCC3(CCN(C4CC4)CC3)CC2)c1. The number of hydrogen-bond acceptors (Lipinski definition) is 2. The third-order valence-corrected chi connectivity index (χ3v) is 8.13. The molecule has 0 N–H and O–H groups in total. The third kappa shape index (κ3) is 3.01. The summed E-state index contributed by atoms with van der Waals surface area (Å²) in [6.45, 7) is 5.03. The lowest BCUT2D eigenvalue weighted by Crippen LogP contribution is -2.51. The molecule has 2 saturated carbocycles. The maximum Gasteiger partial charge on any atom is 0.123 e. The van der Waals surface area contributed by atoms with Gasteiger partial charge in [0.25, 0.3) is 0 Å². The molecule has 0 amide bonds. The van der Waals surface area contributed by atoms with Crippen LogP contribution < -0.4 is 0 Å². The van der Waals surface area contributed by atoms with E-state index in [1.165, 1.54) is 96.0 Å². The second-order valence-electron chi connectivity index (χ2n) is 9.50. The van der Waals surface area contributed by atoms with Crippen LogP contribution in [0.1, 0.15) is 69.8 Å². The number of halogens is 1. The Morgan fingerprint density at radius 1 is 0.846 bits per heavy atom. The fraction of sp³-hybridized carbons (Fsp3) is 0.739. The summed E-state index contributed by atoms with van der Waals surface area (Å²) in [5.41, 5.74) is 1.91. The van der Waals surface area contributed by atoms with Gasteiger partial charge in [-0.15, -0.1) is 0 Å². The van der Waals surface area contributed by atoms with Crippen molar-refractivity contribution in [3.8, 4) is 0 Å². The van der Waals surface area contributed by atoms with Crippen molar-refractivity contribution >= 4 is 0 Å². The first-order valence-corrected chi connectivity index (χ1v) is 10.9. The van der Waals surface area contributed by atoms with Crippen LogP contribution in [0.5, 0.6) is 0 Å². The number of hydrogen-bond donors (Lipinski definition) is 0. The fourth-order valence-electron chi connectivity index (χ4n) is 6.21. The molecule has 1 aromatic rings. The van der Waals surface area contributed by atoms with Gasteiger partial charge in [0.05, 0.1) is 0 Å². The van der Waals surface area contributed by atoms with Crippen molar-refractivity contribution in [2.24, 2.45) is 5.41 Å². The van der Waals surface area contributed by atoms with Gasteiger partial charge in [-0.3, -0.25) is 4.90 Å². The Morgan fingerprint density at radius 2 is 1.54 bits per heavy atom. The number of piperidine rings is 1. The zero-order valence-electron chi connectivity index (χ0n) is 16.1. The smallest absolute Gasteiger partial charge is 0.123 e. The van der Waals surface area contributed by atoms with Crippen molar-refractivity contribution in [1.29, 1.82) is 0 Å². The van der Waals surface area contributed by atoms with Gasteiger partial charge in [0, 0.05) is 11.6 Å². The highest BCUT2D eigenvalue weighted by molar-refractivity contribution is 5.27. The molecule has 2 saturated heterocycles. The highest BCUT2D eigenvalue weighted by atomic mass is 19.1. The normalized spacial score (nSPS) is 29.3. The average molecular weight is 357 g/mol. The lowest BCUT2D eigenvalue weighted by molar-refractivity contribution is -0.0142. The van der Waals surface area contributed by atoms with Gasteiger partial charge < -0.3 is 4.90 Å². The molecule has 5 rings (SSSR count). The lowest BCUT2D eigenvalue weighted by atomic mass is 9.61. The lowest BCUT2D eigenvalue weighted by Gasteiger charge is -2.53. The van der Waals surface area contributed by atoms with Crippen molar-refractivity contribution in [2.45, 2.75) is 75.8 Å². The van der Waals surface area contributed by atoms with Crippen molar-refractivity contribution < 1.29 is 4.39 Å². The number of nitrogens with zero attached hydrogens (tertiary/aromatic N) is 2. The van der Waals surface area contributed by atoms with Gasteiger partial charge >= 0.3 is 0 Å². The van der Waals surface area contributed by atoms with Gasteiger partial charge in [0.1, 0.15) is 5.82 Å². The Labute approximate surface area is 157 Å². The van der Waals surface area contributed by atoms with Crippen LogP contribution in [0, 0.1) is 11.2 Å². The molecular weight excluding hydrogens is 323 g/mol. The quantitative estimate of drug-likeness (QED) is 0.757. The summed E-state index contributed by atoms with van der Waals surface area (Å²) in [6.07, 6.45) is 13.4. The van der Waals surface area contributed by atoms with E-state index in [2.05, 4.69) is 15.9 Å². The zero-order chi connectivity index (χ0) is 17.6. The minimum atomic E-state index is -0.0703. The predicted molar refractivity (Wildman–Crippen MR) is 104 cm³/mol. The summed E-state index contributed by atoms with van der Waals surface area (Å²) >= 11 is 0. The first-order chi connectivity index (χ1) is 12.7. The Bertz CT molecular complexity index is 629. The molecule has 0 unspecified atom stereocenters. The van der Waals surface area contributed by atoms with E-state index >= 15 is 0 Å². The van der Waals surface area contributed by atoms with E-state index in [4.69, 9.17) is 0 Å². The molecule has 2 aliphatic carbocycles. The average Bonchev–Trinajstić information content (AvgIpc) is 3.37. The van der Waals surface area contributed by atoms with E-state index in [1.807, 2.05) is 12.1 Å². The summed E-state index contributed by atoms with van der Waals surface area (Å²) in [5, 5.41) is 0. The molecule has 1 aromatic carbocycles. The Balaban J connectivity index is 1.35. The van der Waals surface area contributed by atoms with Gasteiger partial charge in [-0.25, -0.2) is 4.39 Å². The Kier molecular flexibility index (Phi) is 4.36. The van der Waals surface area contributed by atoms with Crippen molar-refractivity contribution in [3.63, 3.8) is 0 Å². The molecule has 0 aromatic heterocycles. The standard InChI is InChI=1S/C23H33FN2/c24-20-5-3-4-19(18-20)23(26-14-1-2-15-26)10-8-22(9-11-23)12-16-25(17-13-22)21-6-7-21/h3-5,18,21H,1-2,6-17H2. The maximum atomic E-state index is 14.0. The molecule has 0 radical (unpaired) electrons. The summed E-state index contributed by atoms with van der Waals surface area (Å²) in [6, 6.07) is 8.45. The number of likely N-dealkylation sites (tertiary alicyclic amines) is 2. The third-order valence-electron chi connectivity index (χ3n) is 8.13. The highest BCUT2D eigenvalue weighted by Gasteiger charge is 2.48. The molecule has 26 heavy (non-hydrogen) atoms. The zero-order valence-corrected chi connectivity index (χ0v) is 16.1. The molecule has 0 atom stereocenters. The summed E-state index contributed by atoms with van der Waals surface area (Å²) in [4.78, 5) is 5.45. The maximum absolute atomic E-state index is 14.0. The van der Waals surface area contributed by atoms with E-state index in [9.17, 15) is 4.39 Å². The number of benzene rings is 1. The van der Waals surface area contributed by atoms with Crippen LogP contribution in [-0.4, -0.2) is 42.0 Å². The molecule has 2 nitrogen and oxygen atoms in total. The van der Waals surface area contributed by atoms with Crippen LogP contribution in [0.2, 0.25) is 0 Å². The van der Waals surface area contributed by atoms with Crippen LogP contribution in [-0.2, 0) is 5.54 Å². The van der Waals surface area contributed by atoms with Crippen LogP contribution in [0.4, 0.5) is 4.39 Å². The molecule has 2 heterocycles.